The van der Waals surface area contributed by atoms with Gasteiger partial charge in [0.25, 0.3) is 5.91 Å². The molecule has 0 aliphatic heterocycles. The van der Waals surface area contributed by atoms with E-state index in [0.717, 1.165) is 4.47 Å². The Hall–Kier alpha value is -2.78. The molecule has 1 amide bonds. The minimum absolute atomic E-state index is 0.00632. The number of halogens is 1. The van der Waals surface area contributed by atoms with Crippen LogP contribution in [0.1, 0.15) is 12.5 Å². The Balaban J connectivity index is 2.22. The standard InChI is InChI=1S/C18H15BrN2O3/c1-2-24-17-10-12(3-8-16(17)22)9-13(11-20)18(23)21-15-6-4-14(19)5-7-15/h3-10,22H,2H2,1H3,(H,21,23)/b13-9-. The van der Waals surface area contributed by atoms with Gasteiger partial charge in [0, 0.05) is 10.2 Å². The van der Waals surface area contributed by atoms with Crippen molar-refractivity contribution in [1.29, 1.82) is 5.26 Å². The number of hydrogen-bond donors (Lipinski definition) is 2. The van der Waals surface area contributed by atoms with E-state index in [1.165, 1.54) is 12.1 Å². The number of nitrogens with zero attached hydrogens (tertiary/aromatic N) is 1. The van der Waals surface area contributed by atoms with Crippen LogP contribution in [0, 0.1) is 11.3 Å². The molecule has 2 aromatic carbocycles. The second-order valence-electron chi connectivity index (χ2n) is 4.79. The van der Waals surface area contributed by atoms with Crippen LogP contribution in [0.2, 0.25) is 0 Å². The first-order chi connectivity index (χ1) is 11.5. The molecule has 0 bridgehead atoms. The molecule has 0 fully saturated rings. The molecule has 122 valence electrons. The van der Waals surface area contributed by atoms with Gasteiger partial charge >= 0.3 is 0 Å². The van der Waals surface area contributed by atoms with E-state index in [4.69, 9.17) is 4.74 Å². The number of aromatic hydroxyl groups is 1. The van der Waals surface area contributed by atoms with Gasteiger partial charge in [-0.25, -0.2) is 0 Å². The van der Waals surface area contributed by atoms with Gasteiger partial charge in [-0.05, 0) is 55.0 Å². The third kappa shape index (κ3) is 4.61. The summed E-state index contributed by atoms with van der Waals surface area (Å²) in [4.78, 5) is 12.2. The molecule has 0 heterocycles. The Morgan fingerprint density at radius 3 is 2.67 bits per heavy atom. The average Bonchev–Trinajstić information content (AvgIpc) is 2.57. The molecule has 5 nitrogen and oxygen atoms in total. The van der Waals surface area contributed by atoms with E-state index >= 15 is 0 Å². The predicted molar refractivity (Wildman–Crippen MR) is 95.6 cm³/mol. The Bertz CT molecular complexity index is 808. The molecule has 0 atom stereocenters. The van der Waals surface area contributed by atoms with Crippen LogP contribution in [-0.2, 0) is 4.79 Å². The van der Waals surface area contributed by atoms with Crippen LogP contribution in [0.5, 0.6) is 11.5 Å². The van der Waals surface area contributed by atoms with Crippen LogP contribution in [-0.4, -0.2) is 17.6 Å². The van der Waals surface area contributed by atoms with Crippen LogP contribution >= 0.6 is 15.9 Å². The van der Waals surface area contributed by atoms with Crippen molar-refractivity contribution in [2.45, 2.75) is 6.92 Å². The fourth-order valence-electron chi connectivity index (χ4n) is 1.94. The number of ether oxygens (including phenoxy) is 1. The third-order valence-electron chi connectivity index (χ3n) is 3.06. The quantitative estimate of drug-likeness (QED) is 0.598. The molecule has 2 aromatic rings. The topological polar surface area (TPSA) is 82.3 Å². The lowest BCUT2D eigenvalue weighted by Gasteiger charge is -2.07. The first kappa shape index (κ1) is 17.6. The Kier molecular flexibility index (Phi) is 5.99. The number of carbonyl (C=O) groups is 1. The van der Waals surface area contributed by atoms with E-state index < -0.39 is 5.91 Å². The van der Waals surface area contributed by atoms with E-state index in [9.17, 15) is 15.2 Å². The van der Waals surface area contributed by atoms with Gasteiger partial charge in [0.1, 0.15) is 11.6 Å². The number of phenols is 1. The van der Waals surface area contributed by atoms with Gasteiger partial charge in [-0.2, -0.15) is 5.26 Å². The molecule has 0 radical (unpaired) electrons. The molecule has 0 saturated carbocycles. The fourth-order valence-corrected chi connectivity index (χ4v) is 2.20. The number of nitriles is 1. The summed E-state index contributed by atoms with van der Waals surface area (Å²) in [6.45, 7) is 2.20. The van der Waals surface area contributed by atoms with E-state index in [0.29, 0.717) is 23.6 Å². The monoisotopic (exact) mass is 386 g/mol. The van der Waals surface area contributed by atoms with E-state index in [1.807, 2.05) is 6.07 Å². The molecular weight excluding hydrogens is 372 g/mol. The smallest absolute Gasteiger partial charge is 0.266 e. The predicted octanol–water partition coefficient (Wildman–Crippen LogP) is 4.10. The minimum atomic E-state index is -0.508. The molecule has 0 aliphatic carbocycles. The molecule has 0 aliphatic rings. The van der Waals surface area contributed by atoms with E-state index in [2.05, 4.69) is 21.2 Å². The molecule has 2 N–H and O–H groups in total. The highest BCUT2D eigenvalue weighted by molar-refractivity contribution is 9.10. The molecule has 2 rings (SSSR count). The van der Waals surface area contributed by atoms with Gasteiger partial charge in [-0.15, -0.1) is 0 Å². The summed E-state index contributed by atoms with van der Waals surface area (Å²) in [5, 5.41) is 21.6. The maximum Gasteiger partial charge on any atom is 0.266 e. The van der Waals surface area contributed by atoms with Crippen LogP contribution in [0.3, 0.4) is 0 Å². The third-order valence-corrected chi connectivity index (χ3v) is 3.59. The maximum absolute atomic E-state index is 12.2. The van der Waals surface area contributed by atoms with Crippen molar-refractivity contribution >= 4 is 33.6 Å². The molecule has 0 saturated heterocycles. The summed E-state index contributed by atoms with van der Waals surface area (Å²) >= 11 is 3.32. The van der Waals surface area contributed by atoms with Crippen LogP contribution < -0.4 is 10.1 Å². The van der Waals surface area contributed by atoms with Crippen molar-refractivity contribution in [1.82, 2.24) is 0 Å². The van der Waals surface area contributed by atoms with Crippen molar-refractivity contribution in [3.05, 3.63) is 58.1 Å². The zero-order valence-corrected chi connectivity index (χ0v) is 14.5. The largest absolute Gasteiger partial charge is 0.504 e. The molecular formula is C18H15BrN2O3. The molecule has 0 aromatic heterocycles. The average molecular weight is 387 g/mol. The number of amides is 1. The Morgan fingerprint density at radius 1 is 1.33 bits per heavy atom. The number of phenolic OH excluding ortho intramolecular Hbond substituents is 1. The van der Waals surface area contributed by atoms with Crippen molar-refractivity contribution in [3.8, 4) is 17.6 Å². The summed E-state index contributed by atoms with van der Waals surface area (Å²) in [5.41, 5.74) is 1.12. The number of rotatable bonds is 5. The van der Waals surface area contributed by atoms with Gasteiger partial charge in [-0.3, -0.25) is 4.79 Å². The summed E-state index contributed by atoms with van der Waals surface area (Å²) < 4.78 is 6.19. The molecule has 0 spiro atoms. The van der Waals surface area contributed by atoms with Crippen molar-refractivity contribution < 1.29 is 14.6 Å². The minimum Gasteiger partial charge on any atom is -0.504 e. The zero-order valence-electron chi connectivity index (χ0n) is 12.9. The zero-order chi connectivity index (χ0) is 17.5. The number of hydrogen-bond acceptors (Lipinski definition) is 4. The van der Waals surface area contributed by atoms with Gasteiger partial charge < -0.3 is 15.2 Å². The highest BCUT2D eigenvalue weighted by Gasteiger charge is 2.10. The number of benzene rings is 2. The summed E-state index contributed by atoms with van der Waals surface area (Å²) in [5.74, 6) is -0.200. The highest BCUT2D eigenvalue weighted by atomic mass is 79.9. The second-order valence-corrected chi connectivity index (χ2v) is 5.71. The van der Waals surface area contributed by atoms with Crippen molar-refractivity contribution in [2.75, 3.05) is 11.9 Å². The highest BCUT2D eigenvalue weighted by Crippen LogP contribution is 2.27. The lowest BCUT2D eigenvalue weighted by molar-refractivity contribution is -0.112. The maximum atomic E-state index is 12.2. The summed E-state index contributed by atoms with van der Waals surface area (Å²) in [6.07, 6.45) is 1.44. The van der Waals surface area contributed by atoms with Crippen molar-refractivity contribution in [3.63, 3.8) is 0 Å². The lowest BCUT2D eigenvalue weighted by atomic mass is 10.1. The van der Waals surface area contributed by atoms with Crippen LogP contribution in [0.15, 0.2) is 52.5 Å². The number of carbonyl (C=O) groups excluding carboxylic acids is 1. The summed E-state index contributed by atoms with van der Waals surface area (Å²) in [7, 11) is 0. The molecule has 0 unspecified atom stereocenters. The van der Waals surface area contributed by atoms with Crippen molar-refractivity contribution in [2.24, 2.45) is 0 Å². The summed E-state index contributed by atoms with van der Waals surface area (Å²) in [6, 6.07) is 13.5. The van der Waals surface area contributed by atoms with Gasteiger partial charge in [0.2, 0.25) is 0 Å². The SMILES string of the molecule is CCOc1cc(/C=C(/C#N)C(=O)Nc2ccc(Br)cc2)ccc1O. The lowest BCUT2D eigenvalue weighted by Crippen LogP contribution is -2.13. The van der Waals surface area contributed by atoms with Crippen LogP contribution in [0.4, 0.5) is 5.69 Å². The Morgan fingerprint density at radius 2 is 2.04 bits per heavy atom. The van der Waals surface area contributed by atoms with E-state index in [-0.39, 0.29) is 11.3 Å². The van der Waals surface area contributed by atoms with Gasteiger partial charge in [0.15, 0.2) is 11.5 Å². The van der Waals surface area contributed by atoms with Crippen LogP contribution in [0.25, 0.3) is 6.08 Å². The Labute approximate surface area is 148 Å². The normalized spacial score (nSPS) is 10.8. The second kappa shape index (κ2) is 8.18. The number of anilines is 1. The molecule has 24 heavy (non-hydrogen) atoms. The van der Waals surface area contributed by atoms with E-state index in [1.54, 1.807) is 43.3 Å². The van der Waals surface area contributed by atoms with Gasteiger partial charge in [-0.1, -0.05) is 22.0 Å². The number of nitrogens with one attached hydrogen (secondary N) is 1. The fraction of sp³-hybridized carbons (Fsp3) is 0.111. The van der Waals surface area contributed by atoms with Gasteiger partial charge in [0.05, 0.1) is 6.61 Å². The first-order valence-electron chi connectivity index (χ1n) is 7.18. The molecule has 6 heteroatoms. The first-order valence-corrected chi connectivity index (χ1v) is 7.97.